The summed E-state index contributed by atoms with van der Waals surface area (Å²) in [5.74, 6) is 0.799. The number of aromatic hydroxyl groups is 1. The van der Waals surface area contributed by atoms with Gasteiger partial charge in [0.25, 0.3) is 0 Å². The molecule has 0 unspecified atom stereocenters. The van der Waals surface area contributed by atoms with Gasteiger partial charge >= 0.3 is 0 Å². The van der Waals surface area contributed by atoms with Gasteiger partial charge in [-0.05, 0) is 45.5 Å². The molecule has 1 aliphatic rings. The minimum atomic E-state index is 0.206. The Morgan fingerprint density at radius 3 is 2.70 bits per heavy atom. The Hall–Kier alpha value is -1.26. The zero-order valence-corrected chi connectivity index (χ0v) is 13.0. The average molecular weight is 278 g/mol. The summed E-state index contributed by atoms with van der Waals surface area (Å²) < 4.78 is 5.45. The highest BCUT2D eigenvalue weighted by Crippen LogP contribution is 2.28. The topological polar surface area (TPSA) is 35.9 Å². The van der Waals surface area contributed by atoms with Gasteiger partial charge in [0.1, 0.15) is 0 Å². The number of benzene rings is 1. The molecule has 1 saturated heterocycles. The molecule has 2 rings (SSSR count). The van der Waals surface area contributed by atoms with Crippen LogP contribution < -0.4 is 4.74 Å². The van der Waals surface area contributed by atoms with Crippen LogP contribution in [-0.2, 0) is 6.54 Å². The molecule has 0 spiro atoms. The van der Waals surface area contributed by atoms with Crippen molar-refractivity contribution in [3.63, 3.8) is 0 Å². The second-order valence-electron chi connectivity index (χ2n) is 6.18. The van der Waals surface area contributed by atoms with Gasteiger partial charge in [-0.25, -0.2) is 0 Å². The minimum Gasteiger partial charge on any atom is -0.504 e. The van der Waals surface area contributed by atoms with Gasteiger partial charge in [0, 0.05) is 31.7 Å². The van der Waals surface area contributed by atoms with Crippen LogP contribution in [0.2, 0.25) is 0 Å². The minimum absolute atomic E-state index is 0.206. The van der Waals surface area contributed by atoms with Gasteiger partial charge in [0.2, 0.25) is 0 Å². The van der Waals surface area contributed by atoms with Crippen molar-refractivity contribution in [2.45, 2.75) is 32.9 Å². The molecule has 1 heterocycles. The van der Waals surface area contributed by atoms with Gasteiger partial charge in [0.05, 0.1) is 6.61 Å². The fourth-order valence-electron chi connectivity index (χ4n) is 2.66. The van der Waals surface area contributed by atoms with E-state index in [0.717, 1.165) is 26.2 Å². The lowest BCUT2D eigenvalue weighted by Crippen LogP contribution is -2.57. The van der Waals surface area contributed by atoms with Crippen LogP contribution in [0.5, 0.6) is 11.5 Å². The van der Waals surface area contributed by atoms with Gasteiger partial charge in [-0.1, -0.05) is 6.07 Å². The number of hydrogen-bond donors (Lipinski definition) is 1. The number of rotatable bonds is 4. The highest BCUT2D eigenvalue weighted by molar-refractivity contribution is 5.41. The van der Waals surface area contributed by atoms with Crippen LogP contribution >= 0.6 is 0 Å². The molecular formula is C16H26N2O2. The molecule has 1 N–H and O–H groups in total. The quantitative estimate of drug-likeness (QED) is 0.917. The van der Waals surface area contributed by atoms with E-state index in [0.29, 0.717) is 12.4 Å². The molecular weight excluding hydrogens is 252 g/mol. The van der Waals surface area contributed by atoms with Crippen molar-refractivity contribution >= 4 is 0 Å². The standard InChI is InChI=1S/C16H26N2O2/c1-5-20-15-10-13(6-7-14(15)19)11-18-9-8-17(4)16(2,3)12-18/h6-7,10,19H,5,8-9,11-12H2,1-4H3. The van der Waals surface area contributed by atoms with Crippen molar-refractivity contribution in [2.75, 3.05) is 33.3 Å². The van der Waals surface area contributed by atoms with Crippen LogP contribution in [-0.4, -0.2) is 53.7 Å². The Bertz CT molecular complexity index is 460. The molecule has 0 saturated carbocycles. The van der Waals surface area contributed by atoms with Crippen LogP contribution in [0.4, 0.5) is 0 Å². The van der Waals surface area contributed by atoms with Crippen molar-refractivity contribution < 1.29 is 9.84 Å². The number of ether oxygens (including phenoxy) is 1. The molecule has 112 valence electrons. The molecule has 1 aromatic carbocycles. The van der Waals surface area contributed by atoms with Crippen LogP contribution in [0, 0.1) is 0 Å². The molecule has 4 heteroatoms. The Kier molecular flexibility index (Phi) is 4.55. The highest BCUT2D eigenvalue weighted by Gasteiger charge is 2.30. The maximum absolute atomic E-state index is 9.74. The molecule has 0 bridgehead atoms. The van der Waals surface area contributed by atoms with E-state index in [1.807, 2.05) is 19.1 Å². The Labute approximate surface area is 122 Å². The maximum Gasteiger partial charge on any atom is 0.161 e. The van der Waals surface area contributed by atoms with Crippen LogP contribution in [0.15, 0.2) is 18.2 Å². The maximum atomic E-state index is 9.74. The SMILES string of the molecule is CCOc1cc(CN2CCN(C)C(C)(C)C2)ccc1O. The van der Waals surface area contributed by atoms with Crippen molar-refractivity contribution in [2.24, 2.45) is 0 Å². The lowest BCUT2D eigenvalue weighted by Gasteiger charge is -2.45. The van der Waals surface area contributed by atoms with Crippen molar-refractivity contribution in [1.82, 2.24) is 9.80 Å². The monoisotopic (exact) mass is 278 g/mol. The molecule has 0 aliphatic carbocycles. The molecule has 0 atom stereocenters. The van der Waals surface area contributed by atoms with Crippen molar-refractivity contribution in [3.05, 3.63) is 23.8 Å². The van der Waals surface area contributed by atoms with E-state index in [-0.39, 0.29) is 11.3 Å². The summed E-state index contributed by atoms with van der Waals surface area (Å²) in [6.45, 7) is 11.2. The lowest BCUT2D eigenvalue weighted by atomic mass is 9.99. The molecule has 1 aromatic rings. The van der Waals surface area contributed by atoms with Crippen molar-refractivity contribution in [1.29, 1.82) is 0 Å². The van der Waals surface area contributed by atoms with E-state index in [9.17, 15) is 5.11 Å². The van der Waals surface area contributed by atoms with Gasteiger partial charge in [-0.3, -0.25) is 9.80 Å². The van der Waals surface area contributed by atoms with Crippen LogP contribution in [0.25, 0.3) is 0 Å². The van der Waals surface area contributed by atoms with E-state index in [2.05, 4.69) is 30.7 Å². The van der Waals surface area contributed by atoms with E-state index in [1.54, 1.807) is 6.07 Å². The van der Waals surface area contributed by atoms with Gasteiger partial charge < -0.3 is 9.84 Å². The number of phenols is 1. The average Bonchev–Trinajstić information content (AvgIpc) is 2.38. The van der Waals surface area contributed by atoms with Gasteiger partial charge in [-0.15, -0.1) is 0 Å². The number of nitrogens with zero attached hydrogens (tertiary/aromatic N) is 2. The predicted octanol–water partition coefficient (Wildman–Crippen LogP) is 2.32. The number of hydrogen-bond acceptors (Lipinski definition) is 4. The van der Waals surface area contributed by atoms with Gasteiger partial charge in [0.15, 0.2) is 11.5 Å². The van der Waals surface area contributed by atoms with Crippen molar-refractivity contribution in [3.8, 4) is 11.5 Å². The zero-order chi connectivity index (χ0) is 14.8. The summed E-state index contributed by atoms with van der Waals surface area (Å²) >= 11 is 0. The highest BCUT2D eigenvalue weighted by atomic mass is 16.5. The second kappa shape index (κ2) is 6.02. The lowest BCUT2D eigenvalue weighted by molar-refractivity contribution is 0.0360. The number of piperazine rings is 1. The van der Waals surface area contributed by atoms with E-state index in [4.69, 9.17) is 4.74 Å². The van der Waals surface area contributed by atoms with E-state index >= 15 is 0 Å². The molecule has 1 aliphatic heterocycles. The van der Waals surface area contributed by atoms with E-state index in [1.165, 1.54) is 5.56 Å². The molecule has 0 amide bonds. The molecule has 0 aromatic heterocycles. The Morgan fingerprint density at radius 1 is 1.30 bits per heavy atom. The molecule has 1 fully saturated rings. The van der Waals surface area contributed by atoms with E-state index < -0.39 is 0 Å². The summed E-state index contributed by atoms with van der Waals surface area (Å²) in [7, 11) is 2.19. The number of phenolic OH excluding ortho intramolecular Hbond substituents is 1. The zero-order valence-electron chi connectivity index (χ0n) is 13.0. The Balaban J connectivity index is 2.05. The summed E-state index contributed by atoms with van der Waals surface area (Å²) in [6.07, 6.45) is 0. The smallest absolute Gasteiger partial charge is 0.161 e. The second-order valence-corrected chi connectivity index (χ2v) is 6.18. The largest absolute Gasteiger partial charge is 0.504 e. The first-order valence-electron chi connectivity index (χ1n) is 7.30. The third-order valence-electron chi connectivity index (χ3n) is 4.13. The summed E-state index contributed by atoms with van der Waals surface area (Å²) in [6, 6.07) is 5.65. The molecule has 4 nitrogen and oxygen atoms in total. The predicted molar refractivity (Wildman–Crippen MR) is 81.3 cm³/mol. The fraction of sp³-hybridized carbons (Fsp3) is 0.625. The first-order valence-corrected chi connectivity index (χ1v) is 7.30. The summed E-state index contributed by atoms with van der Waals surface area (Å²) in [5.41, 5.74) is 1.39. The van der Waals surface area contributed by atoms with Gasteiger partial charge in [-0.2, -0.15) is 0 Å². The first-order chi connectivity index (χ1) is 9.42. The third kappa shape index (κ3) is 3.44. The van der Waals surface area contributed by atoms with Crippen LogP contribution in [0.3, 0.4) is 0 Å². The third-order valence-corrected chi connectivity index (χ3v) is 4.13. The first kappa shape index (κ1) is 15.1. The fourth-order valence-corrected chi connectivity index (χ4v) is 2.66. The Morgan fingerprint density at radius 2 is 2.05 bits per heavy atom. The molecule has 0 radical (unpaired) electrons. The normalized spacial score (nSPS) is 20.0. The molecule has 20 heavy (non-hydrogen) atoms. The summed E-state index contributed by atoms with van der Waals surface area (Å²) in [5, 5.41) is 9.74. The number of likely N-dealkylation sites (N-methyl/N-ethyl adjacent to an activating group) is 1. The summed E-state index contributed by atoms with van der Waals surface area (Å²) in [4.78, 5) is 4.87. The van der Waals surface area contributed by atoms with Crippen LogP contribution in [0.1, 0.15) is 26.3 Å².